The minimum Gasteiger partial charge on any atom is -0.338 e. The summed E-state index contributed by atoms with van der Waals surface area (Å²) in [5, 5.41) is 2.06. The van der Waals surface area contributed by atoms with E-state index in [-0.39, 0.29) is 5.91 Å². The molecule has 0 radical (unpaired) electrons. The zero-order valence-corrected chi connectivity index (χ0v) is 15.1. The molecule has 0 aliphatic rings. The lowest BCUT2D eigenvalue weighted by Crippen LogP contribution is -2.30. The highest BCUT2D eigenvalue weighted by molar-refractivity contribution is 7.99. The molecule has 2 nitrogen and oxygen atoms in total. The Morgan fingerprint density at radius 2 is 2.05 bits per heavy atom. The van der Waals surface area contributed by atoms with E-state index >= 15 is 0 Å². The Bertz CT molecular complexity index is 608. The maximum Gasteiger partial charge on any atom is 0.223 e. The molecular weight excluding hydrogens is 310 g/mol. The average molecular weight is 334 g/mol. The van der Waals surface area contributed by atoms with Crippen molar-refractivity contribution >= 4 is 29.0 Å². The van der Waals surface area contributed by atoms with Gasteiger partial charge in [-0.15, -0.1) is 23.1 Å². The Kier molecular flexibility index (Phi) is 6.52. The minimum atomic E-state index is 0.243. The Morgan fingerprint density at radius 3 is 2.68 bits per heavy atom. The number of hydrogen-bond donors (Lipinski definition) is 0. The first-order valence-corrected chi connectivity index (χ1v) is 9.47. The van der Waals surface area contributed by atoms with E-state index in [0.717, 1.165) is 18.8 Å². The highest BCUT2D eigenvalue weighted by atomic mass is 32.2. The lowest BCUT2D eigenvalue weighted by atomic mass is 10.1. The Labute approximate surface area is 141 Å². The van der Waals surface area contributed by atoms with E-state index in [4.69, 9.17) is 0 Å². The predicted molar refractivity (Wildman–Crippen MR) is 96.7 cm³/mol. The van der Waals surface area contributed by atoms with Gasteiger partial charge in [0, 0.05) is 28.5 Å². The number of nitrogens with zero attached hydrogens (tertiary/aromatic N) is 1. The largest absolute Gasteiger partial charge is 0.338 e. The fourth-order valence-corrected chi connectivity index (χ4v) is 3.84. The monoisotopic (exact) mass is 333 g/mol. The van der Waals surface area contributed by atoms with Crippen LogP contribution in [0.15, 0.2) is 40.6 Å². The second-order valence-electron chi connectivity index (χ2n) is 5.33. The van der Waals surface area contributed by atoms with E-state index in [9.17, 15) is 4.79 Å². The highest BCUT2D eigenvalue weighted by Crippen LogP contribution is 2.22. The van der Waals surface area contributed by atoms with E-state index in [1.54, 1.807) is 23.1 Å². The van der Waals surface area contributed by atoms with E-state index in [2.05, 4.69) is 43.5 Å². The summed E-state index contributed by atoms with van der Waals surface area (Å²) in [6.07, 6.45) is 0.594. The van der Waals surface area contributed by atoms with Gasteiger partial charge in [-0.05, 0) is 55.5 Å². The number of thioether (sulfide) groups is 1. The summed E-state index contributed by atoms with van der Waals surface area (Å²) in [6.45, 7) is 7.80. The van der Waals surface area contributed by atoms with Gasteiger partial charge >= 0.3 is 0 Å². The first kappa shape index (κ1) is 17.1. The highest BCUT2D eigenvalue weighted by Gasteiger charge is 2.12. The van der Waals surface area contributed by atoms with Gasteiger partial charge in [0.05, 0.1) is 6.54 Å². The molecule has 0 unspecified atom stereocenters. The van der Waals surface area contributed by atoms with Crippen molar-refractivity contribution in [2.45, 2.75) is 38.6 Å². The van der Waals surface area contributed by atoms with Crippen LogP contribution in [-0.2, 0) is 11.3 Å². The van der Waals surface area contributed by atoms with Crippen LogP contribution in [0.1, 0.15) is 29.3 Å². The quantitative estimate of drug-likeness (QED) is 0.672. The molecule has 118 valence electrons. The van der Waals surface area contributed by atoms with E-state index in [0.29, 0.717) is 6.42 Å². The zero-order chi connectivity index (χ0) is 15.9. The van der Waals surface area contributed by atoms with Crippen LogP contribution >= 0.6 is 23.1 Å². The van der Waals surface area contributed by atoms with Crippen molar-refractivity contribution in [2.24, 2.45) is 0 Å². The molecule has 1 amide bonds. The average Bonchev–Trinajstić information content (AvgIpc) is 3.01. The summed E-state index contributed by atoms with van der Waals surface area (Å²) in [7, 11) is 0. The van der Waals surface area contributed by atoms with Gasteiger partial charge < -0.3 is 4.90 Å². The molecule has 0 saturated carbocycles. The summed E-state index contributed by atoms with van der Waals surface area (Å²) in [5.41, 5.74) is 2.62. The van der Waals surface area contributed by atoms with Gasteiger partial charge in [0.25, 0.3) is 0 Å². The molecule has 0 atom stereocenters. The summed E-state index contributed by atoms with van der Waals surface area (Å²) in [5.74, 6) is 1.08. The Morgan fingerprint density at radius 1 is 1.23 bits per heavy atom. The SMILES string of the molecule is CCN(Cc1cccs1)C(=O)CCSc1ccc(C)c(C)c1. The summed E-state index contributed by atoms with van der Waals surface area (Å²) < 4.78 is 0. The zero-order valence-electron chi connectivity index (χ0n) is 13.5. The number of benzene rings is 1. The van der Waals surface area contributed by atoms with Crippen LogP contribution in [0.2, 0.25) is 0 Å². The number of aryl methyl sites for hydroxylation is 2. The lowest BCUT2D eigenvalue weighted by molar-refractivity contribution is -0.131. The first-order chi connectivity index (χ1) is 10.6. The van der Waals surface area contributed by atoms with Gasteiger partial charge in [-0.25, -0.2) is 0 Å². The topological polar surface area (TPSA) is 20.3 Å². The van der Waals surface area contributed by atoms with Crippen LogP contribution < -0.4 is 0 Å². The predicted octanol–water partition coefficient (Wildman–Crippen LogP) is 4.90. The molecular formula is C18H23NOS2. The van der Waals surface area contributed by atoms with Crippen LogP contribution in [0.3, 0.4) is 0 Å². The van der Waals surface area contributed by atoms with E-state index in [1.807, 2.05) is 17.9 Å². The van der Waals surface area contributed by atoms with Crippen molar-refractivity contribution in [3.05, 3.63) is 51.7 Å². The molecule has 0 aliphatic carbocycles. The van der Waals surface area contributed by atoms with Crippen LogP contribution in [0.4, 0.5) is 0 Å². The van der Waals surface area contributed by atoms with Crippen molar-refractivity contribution in [3.63, 3.8) is 0 Å². The Hall–Kier alpha value is -1.26. The molecule has 1 heterocycles. The molecule has 0 N–H and O–H groups in total. The fraction of sp³-hybridized carbons (Fsp3) is 0.389. The summed E-state index contributed by atoms with van der Waals surface area (Å²) >= 11 is 3.47. The maximum absolute atomic E-state index is 12.3. The second kappa shape index (κ2) is 8.39. The maximum atomic E-state index is 12.3. The number of thiophene rings is 1. The van der Waals surface area contributed by atoms with E-state index < -0.39 is 0 Å². The van der Waals surface area contributed by atoms with E-state index in [1.165, 1.54) is 20.9 Å². The molecule has 1 aromatic carbocycles. The van der Waals surface area contributed by atoms with Crippen molar-refractivity contribution in [2.75, 3.05) is 12.3 Å². The third-order valence-electron chi connectivity index (χ3n) is 3.72. The molecule has 0 saturated heterocycles. The van der Waals surface area contributed by atoms with Crippen LogP contribution in [-0.4, -0.2) is 23.1 Å². The third kappa shape index (κ3) is 4.89. The van der Waals surface area contributed by atoms with Gasteiger partial charge in [-0.1, -0.05) is 12.1 Å². The van der Waals surface area contributed by atoms with Gasteiger partial charge in [0.1, 0.15) is 0 Å². The molecule has 2 aromatic rings. The molecule has 4 heteroatoms. The van der Waals surface area contributed by atoms with Crippen LogP contribution in [0.5, 0.6) is 0 Å². The third-order valence-corrected chi connectivity index (χ3v) is 5.58. The number of rotatable bonds is 7. The normalized spacial score (nSPS) is 10.7. The number of amides is 1. The smallest absolute Gasteiger partial charge is 0.223 e. The molecule has 1 aromatic heterocycles. The molecule has 2 rings (SSSR count). The summed E-state index contributed by atoms with van der Waals surface area (Å²) in [6, 6.07) is 10.6. The van der Waals surface area contributed by atoms with Gasteiger partial charge in [-0.3, -0.25) is 4.79 Å². The standard InChI is InChI=1S/C18H23NOS2/c1-4-19(13-17-6-5-10-21-17)18(20)9-11-22-16-8-7-14(2)15(3)12-16/h5-8,10,12H,4,9,11,13H2,1-3H3. The second-order valence-corrected chi connectivity index (χ2v) is 7.53. The van der Waals surface area contributed by atoms with Crippen molar-refractivity contribution in [3.8, 4) is 0 Å². The molecule has 0 bridgehead atoms. The Balaban J connectivity index is 1.81. The molecule has 0 fully saturated rings. The minimum absolute atomic E-state index is 0.243. The fourth-order valence-electron chi connectivity index (χ4n) is 2.18. The molecule has 0 aliphatic heterocycles. The summed E-state index contributed by atoms with van der Waals surface area (Å²) in [4.78, 5) is 16.8. The van der Waals surface area contributed by atoms with Gasteiger partial charge in [-0.2, -0.15) is 0 Å². The van der Waals surface area contributed by atoms with Gasteiger partial charge in [0.15, 0.2) is 0 Å². The van der Waals surface area contributed by atoms with Gasteiger partial charge in [0.2, 0.25) is 5.91 Å². The molecule has 0 spiro atoms. The van der Waals surface area contributed by atoms with Crippen molar-refractivity contribution < 1.29 is 4.79 Å². The number of carbonyl (C=O) groups is 1. The van der Waals surface area contributed by atoms with Crippen molar-refractivity contribution in [1.29, 1.82) is 0 Å². The molecule has 22 heavy (non-hydrogen) atoms. The number of carbonyl (C=O) groups excluding carboxylic acids is 1. The lowest BCUT2D eigenvalue weighted by Gasteiger charge is -2.20. The number of hydrogen-bond acceptors (Lipinski definition) is 3. The van der Waals surface area contributed by atoms with Crippen LogP contribution in [0.25, 0.3) is 0 Å². The van der Waals surface area contributed by atoms with Crippen LogP contribution in [0, 0.1) is 13.8 Å². The first-order valence-electron chi connectivity index (χ1n) is 7.60. The van der Waals surface area contributed by atoms with Crippen molar-refractivity contribution in [1.82, 2.24) is 4.90 Å².